The van der Waals surface area contributed by atoms with E-state index in [4.69, 9.17) is 0 Å². The number of nitrogens with zero attached hydrogens (tertiary/aromatic N) is 2. The van der Waals surface area contributed by atoms with E-state index in [-0.39, 0.29) is 17.7 Å². The van der Waals surface area contributed by atoms with Gasteiger partial charge in [0.1, 0.15) is 17.0 Å². The smallest absolute Gasteiger partial charge is 0.270 e. The molecular weight excluding hydrogens is 278 g/mol. The van der Waals surface area contributed by atoms with E-state index < -0.39 is 0 Å². The van der Waals surface area contributed by atoms with E-state index in [0.717, 1.165) is 37.9 Å². The lowest BCUT2D eigenvalue weighted by atomic mass is 9.84. The van der Waals surface area contributed by atoms with Crippen LogP contribution in [0.2, 0.25) is 0 Å². The molecule has 0 radical (unpaired) electrons. The van der Waals surface area contributed by atoms with Crippen LogP contribution < -0.4 is 5.32 Å². The molecule has 22 heavy (non-hydrogen) atoms. The molecule has 0 spiro atoms. The SMILES string of the molecule is O=C(NC1CN2CCC1CC2)c1ccc2cccc(O)c2n1. The highest BCUT2D eigenvalue weighted by Gasteiger charge is 2.35. The van der Waals surface area contributed by atoms with Gasteiger partial charge in [-0.2, -0.15) is 0 Å². The molecule has 3 fully saturated rings. The number of nitrogens with one attached hydrogen (secondary N) is 1. The van der Waals surface area contributed by atoms with E-state index in [0.29, 0.717) is 17.1 Å². The summed E-state index contributed by atoms with van der Waals surface area (Å²) in [5.41, 5.74) is 0.842. The van der Waals surface area contributed by atoms with Gasteiger partial charge in [0, 0.05) is 18.0 Å². The molecule has 4 heterocycles. The normalized spacial score (nSPS) is 27.0. The fourth-order valence-electron chi connectivity index (χ4n) is 3.63. The Morgan fingerprint density at radius 3 is 2.77 bits per heavy atom. The van der Waals surface area contributed by atoms with Gasteiger partial charge in [0.2, 0.25) is 0 Å². The number of piperidine rings is 3. The number of carbonyl (C=O) groups excluding carboxylic acids is 1. The van der Waals surface area contributed by atoms with Gasteiger partial charge in [-0.05, 0) is 44.0 Å². The number of para-hydroxylation sites is 1. The van der Waals surface area contributed by atoms with Crippen LogP contribution in [0.15, 0.2) is 30.3 Å². The number of benzene rings is 1. The van der Waals surface area contributed by atoms with Crippen LogP contribution in [-0.4, -0.2) is 46.6 Å². The van der Waals surface area contributed by atoms with Crippen LogP contribution in [0.3, 0.4) is 0 Å². The zero-order valence-electron chi connectivity index (χ0n) is 12.3. The molecule has 5 heteroatoms. The summed E-state index contributed by atoms with van der Waals surface area (Å²) in [6.45, 7) is 3.24. The van der Waals surface area contributed by atoms with Crippen molar-refractivity contribution in [1.82, 2.24) is 15.2 Å². The highest BCUT2D eigenvalue weighted by molar-refractivity contribution is 5.96. The van der Waals surface area contributed by atoms with Gasteiger partial charge in [0.15, 0.2) is 0 Å². The second-order valence-corrected chi connectivity index (χ2v) is 6.26. The van der Waals surface area contributed by atoms with Gasteiger partial charge in [-0.15, -0.1) is 0 Å². The molecule has 1 unspecified atom stereocenters. The van der Waals surface area contributed by atoms with E-state index in [2.05, 4.69) is 15.2 Å². The molecular formula is C17H19N3O2. The predicted octanol–water partition coefficient (Wildman–Crippen LogP) is 1.76. The van der Waals surface area contributed by atoms with Crippen LogP contribution in [0.1, 0.15) is 23.3 Å². The summed E-state index contributed by atoms with van der Waals surface area (Å²) in [6, 6.07) is 9.00. The first-order chi connectivity index (χ1) is 10.7. The Labute approximate surface area is 129 Å². The lowest BCUT2D eigenvalue weighted by molar-refractivity contribution is 0.0618. The minimum absolute atomic E-state index is 0.106. The molecule has 3 saturated heterocycles. The van der Waals surface area contributed by atoms with Gasteiger partial charge in [0.05, 0.1) is 0 Å². The summed E-state index contributed by atoms with van der Waals surface area (Å²) in [7, 11) is 0. The highest BCUT2D eigenvalue weighted by atomic mass is 16.3. The fourth-order valence-corrected chi connectivity index (χ4v) is 3.63. The lowest BCUT2D eigenvalue weighted by Crippen LogP contribution is -2.57. The van der Waals surface area contributed by atoms with Crippen molar-refractivity contribution in [2.24, 2.45) is 5.92 Å². The average Bonchev–Trinajstić information content (AvgIpc) is 2.56. The van der Waals surface area contributed by atoms with Crippen LogP contribution in [0.25, 0.3) is 10.9 Å². The summed E-state index contributed by atoms with van der Waals surface area (Å²) in [4.78, 5) is 19.2. The van der Waals surface area contributed by atoms with Gasteiger partial charge < -0.3 is 15.3 Å². The Morgan fingerprint density at radius 1 is 1.23 bits per heavy atom. The molecule has 3 aliphatic rings. The van der Waals surface area contributed by atoms with Crippen molar-refractivity contribution in [3.8, 4) is 5.75 Å². The lowest BCUT2D eigenvalue weighted by Gasteiger charge is -2.44. The summed E-state index contributed by atoms with van der Waals surface area (Å²) in [5.74, 6) is 0.543. The maximum Gasteiger partial charge on any atom is 0.270 e. The second kappa shape index (κ2) is 5.25. The molecule has 3 aliphatic heterocycles. The first kappa shape index (κ1) is 13.5. The zero-order valence-corrected chi connectivity index (χ0v) is 12.3. The molecule has 1 aromatic heterocycles. The van der Waals surface area contributed by atoms with E-state index in [1.807, 2.05) is 12.1 Å². The van der Waals surface area contributed by atoms with Crippen molar-refractivity contribution in [3.05, 3.63) is 36.0 Å². The average molecular weight is 297 g/mol. The number of hydrogen-bond donors (Lipinski definition) is 2. The van der Waals surface area contributed by atoms with Crippen molar-refractivity contribution in [1.29, 1.82) is 0 Å². The Morgan fingerprint density at radius 2 is 2.05 bits per heavy atom. The van der Waals surface area contributed by atoms with Crippen molar-refractivity contribution in [2.45, 2.75) is 18.9 Å². The van der Waals surface area contributed by atoms with Gasteiger partial charge in [-0.25, -0.2) is 4.98 Å². The fraction of sp³-hybridized carbons (Fsp3) is 0.412. The van der Waals surface area contributed by atoms with Crippen LogP contribution in [-0.2, 0) is 0 Å². The Hall–Kier alpha value is -2.14. The number of aromatic nitrogens is 1. The molecule has 0 saturated carbocycles. The van der Waals surface area contributed by atoms with Gasteiger partial charge in [-0.3, -0.25) is 4.79 Å². The predicted molar refractivity (Wildman–Crippen MR) is 83.8 cm³/mol. The highest BCUT2D eigenvalue weighted by Crippen LogP contribution is 2.28. The summed E-state index contributed by atoms with van der Waals surface area (Å²) < 4.78 is 0. The third kappa shape index (κ3) is 2.31. The maximum atomic E-state index is 12.5. The van der Waals surface area contributed by atoms with Crippen molar-refractivity contribution in [2.75, 3.05) is 19.6 Å². The molecule has 1 amide bonds. The van der Waals surface area contributed by atoms with E-state index in [1.165, 1.54) is 0 Å². The molecule has 5 rings (SSSR count). The quantitative estimate of drug-likeness (QED) is 0.886. The monoisotopic (exact) mass is 297 g/mol. The number of aromatic hydroxyl groups is 1. The van der Waals surface area contributed by atoms with Gasteiger partial charge in [-0.1, -0.05) is 18.2 Å². The van der Waals surface area contributed by atoms with Crippen LogP contribution >= 0.6 is 0 Å². The zero-order chi connectivity index (χ0) is 15.1. The van der Waals surface area contributed by atoms with Gasteiger partial charge >= 0.3 is 0 Å². The molecule has 2 N–H and O–H groups in total. The number of hydrogen-bond acceptors (Lipinski definition) is 4. The number of carbonyl (C=O) groups is 1. The molecule has 1 atom stereocenters. The topological polar surface area (TPSA) is 65.5 Å². The molecule has 5 nitrogen and oxygen atoms in total. The number of pyridine rings is 1. The second-order valence-electron chi connectivity index (χ2n) is 6.26. The largest absolute Gasteiger partial charge is 0.506 e. The third-order valence-electron chi connectivity index (χ3n) is 4.90. The maximum absolute atomic E-state index is 12.5. The number of amides is 1. The minimum Gasteiger partial charge on any atom is -0.506 e. The van der Waals surface area contributed by atoms with Crippen molar-refractivity contribution >= 4 is 16.8 Å². The molecule has 2 aromatic rings. The molecule has 0 aliphatic carbocycles. The van der Waals surface area contributed by atoms with Gasteiger partial charge in [0.25, 0.3) is 5.91 Å². The number of phenols is 1. The number of rotatable bonds is 2. The molecule has 114 valence electrons. The summed E-state index contributed by atoms with van der Waals surface area (Å²) in [5, 5.41) is 13.8. The Kier molecular flexibility index (Phi) is 3.22. The first-order valence-corrected chi connectivity index (χ1v) is 7.83. The first-order valence-electron chi connectivity index (χ1n) is 7.83. The van der Waals surface area contributed by atoms with E-state index in [9.17, 15) is 9.90 Å². The third-order valence-corrected chi connectivity index (χ3v) is 4.90. The molecule has 1 aromatic carbocycles. The van der Waals surface area contributed by atoms with Crippen molar-refractivity contribution in [3.63, 3.8) is 0 Å². The van der Waals surface area contributed by atoms with E-state index >= 15 is 0 Å². The Bertz CT molecular complexity index is 723. The molecule has 2 bridgehead atoms. The summed E-state index contributed by atoms with van der Waals surface area (Å²) >= 11 is 0. The van der Waals surface area contributed by atoms with Crippen molar-refractivity contribution < 1.29 is 9.90 Å². The number of phenolic OH excluding ortho intramolecular Hbond substituents is 1. The Balaban J connectivity index is 1.56. The summed E-state index contributed by atoms with van der Waals surface area (Å²) in [6.07, 6.45) is 2.33. The van der Waals surface area contributed by atoms with Crippen LogP contribution in [0, 0.1) is 5.92 Å². The van der Waals surface area contributed by atoms with Crippen LogP contribution in [0.5, 0.6) is 5.75 Å². The minimum atomic E-state index is -0.149. The van der Waals surface area contributed by atoms with Crippen LogP contribution in [0.4, 0.5) is 0 Å². The standard InChI is InChI=1S/C17H19N3O2/c21-15-3-1-2-12-4-5-13(18-16(12)15)17(22)19-14-10-20-8-6-11(14)7-9-20/h1-5,11,14,21H,6-10H2,(H,19,22). The van der Waals surface area contributed by atoms with E-state index in [1.54, 1.807) is 18.2 Å². The number of fused-ring (bicyclic) bond motifs is 4.